The van der Waals surface area contributed by atoms with E-state index in [1.807, 2.05) is 26.2 Å². The zero-order valence-electron chi connectivity index (χ0n) is 12.0. The zero-order valence-corrected chi connectivity index (χ0v) is 12.8. The highest BCUT2D eigenvalue weighted by Crippen LogP contribution is 2.12. The molecule has 1 amide bonds. The molecule has 2 aromatic rings. The van der Waals surface area contributed by atoms with E-state index < -0.39 is 0 Å². The molecule has 0 unspecified atom stereocenters. The first-order valence-corrected chi connectivity index (χ1v) is 7.59. The van der Waals surface area contributed by atoms with Crippen molar-refractivity contribution in [3.8, 4) is 0 Å². The molecule has 0 saturated carbocycles. The molecule has 0 aromatic carbocycles. The third-order valence-corrected chi connectivity index (χ3v) is 3.78. The summed E-state index contributed by atoms with van der Waals surface area (Å²) in [6.07, 6.45) is 1.17. The molecule has 0 atom stereocenters. The number of amides is 1. The van der Waals surface area contributed by atoms with Crippen LogP contribution in [-0.2, 0) is 11.2 Å². The molecule has 2 aromatic heterocycles. The van der Waals surface area contributed by atoms with E-state index in [9.17, 15) is 9.59 Å². The summed E-state index contributed by atoms with van der Waals surface area (Å²) in [5, 5.41) is 4.81. The summed E-state index contributed by atoms with van der Waals surface area (Å²) in [4.78, 5) is 28.6. The predicted octanol–water partition coefficient (Wildman–Crippen LogP) is 1.77. The molecule has 2 rings (SSSR count). The second-order valence-electron chi connectivity index (χ2n) is 5.28. The number of nitrogens with zero attached hydrogens (tertiary/aromatic N) is 2. The Labute approximate surface area is 121 Å². The fourth-order valence-electron chi connectivity index (χ4n) is 2.03. The third-order valence-electron chi connectivity index (χ3n) is 2.90. The van der Waals surface area contributed by atoms with Crippen LogP contribution in [0, 0.1) is 12.8 Å². The van der Waals surface area contributed by atoms with Gasteiger partial charge < -0.3 is 5.32 Å². The number of carbonyl (C=O) groups excluding carboxylic acids is 1. The molecule has 0 fully saturated rings. The van der Waals surface area contributed by atoms with Gasteiger partial charge in [0.05, 0.1) is 0 Å². The van der Waals surface area contributed by atoms with Gasteiger partial charge in [-0.25, -0.2) is 4.98 Å². The SMILES string of the molecule is Cc1cc(=O)n2c(CCNC(=O)CC(C)C)csc2n1. The largest absolute Gasteiger partial charge is 0.356 e. The number of aryl methyl sites for hydroxylation is 1. The van der Waals surface area contributed by atoms with Gasteiger partial charge in [-0.15, -0.1) is 11.3 Å². The monoisotopic (exact) mass is 293 g/mol. The molecular formula is C14H19N3O2S. The topological polar surface area (TPSA) is 63.5 Å². The summed E-state index contributed by atoms with van der Waals surface area (Å²) in [6.45, 7) is 6.38. The smallest absolute Gasteiger partial charge is 0.258 e. The summed E-state index contributed by atoms with van der Waals surface area (Å²) in [7, 11) is 0. The van der Waals surface area contributed by atoms with Gasteiger partial charge in [-0.05, 0) is 12.8 Å². The standard InChI is InChI=1S/C14H19N3O2S/c1-9(2)6-12(18)15-5-4-11-8-20-14-16-10(3)7-13(19)17(11)14/h7-9H,4-6H2,1-3H3,(H,15,18). The van der Waals surface area contributed by atoms with Crippen molar-refractivity contribution in [2.75, 3.05) is 6.54 Å². The Morgan fingerprint density at radius 1 is 1.50 bits per heavy atom. The summed E-state index contributed by atoms with van der Waals surface area (Å²) < 4.78 is 1.62. The lowest BCUT2D eigenvalue weighted by atomic mass is 10.1. The van der Waals surface area contributed by atoms with Crippen LogP contribution < -0.4 is 10.9 Å². The first-order valence-electron chi connectivity index (χ1n) is 6.71. The second kappa shape index (κ2) is 6.17. The normalized spacial score (nSPS) is 11.2. The summed E-state index contributed by atoms with van der Waals surface area (Å²) in [5.41, 5.74) is 1.57. The summed E-state index contributed by atoms with van der Waals surface area (Å²) >= 11 is 1.45. The number of hydrogen-bond acceptors (Lipinski definition) is 4. The van der Waals surface area contributed by atoms with Gasteiger partial charge in [0.2, 0.25) is 5.91 Å². The molecule has 0 aliphatic rings. The van der Waals surface area contributed by atoms with E-state index in [1.165, 1.54) is 17.4 Å². The number of carbonyl (C=O) groups is 1. The molecule has 0 spiro atoms. The van der Waals surface area contributed by atoms with E-state index in [0.717, 1.165) is 11.4 Å². The van der Waals surface area contributed by atoms with Crippen LogP contribution in [-0.4, -0.2) is 21.8 Å². The maximum Gasteiger partial charge on any atom is 0.258 e. The number of thiazole rings is 1. The number of nitrogens with one attached hydrogen (secondary N) is 1. The molecule has 0 radical (unpaired) electrons. The Morgan fingerprint density at radius 3 is 2.95 bits per heavy atom. The van der Waals surface area contributed by atoms with Crippen molar-refractivity contribution in [1.29, 1.82) is 0 Å². The number of aromatic nitrogens is 2. The molecule has 0 bridgehead atoms. The van der Waals surface area contributed by atoms with E-state index in [-0.39, 0.29) is 11.5 Å². The molecule has 1 N–H and O–H groups in total. The van der Waals surface area contributed by atoms with Crippen molar-refractivity contribution in [3.63, 3.8) is 0 Å². The van der Waals surface area contributed by atoms with Crippen LogP contribution in [0.2, 0.25) is 0 Å². The van der Waals surface area contributed by atoms with Crippen LogP contribution in [0.25, 0.3) is 4.96 Å². The Balaban J connectivity index is 2.04. The van der Waals surface area contributed by atoms with Gasteiger partial charge in [0, 0.05) is 42.2 Å². The molecule has 108 valence electrons. The Hall–Kier alpha value is -1.69. The number of rotatable bonds is 5. The predicted molar refractivity (Wildman–Crippen MR) is 80.2 cm³/mol. The summed E-state index contributed by atoms with van der Waals surface area (Å²) in [5.74, 6) is 0.410. The fraction of sp³-hybridized carbons (Fsp3) is 0.500. The van der Waals surface area contributed by atoms with Crippen molar-refractivity contribution in [3.05, 3.63) is 33.2 Å². The van der Waals surface area contributed by atoms with Gasteiger partial charge in [0.1, 0.15) is 0 Å². The van der Waals surface area contributed by atoms with Crippen molar-refractivity contribution < 1.29 is 4.79 Å². The van der Waals surface area contributed by atoms with Gasteiger partial charge in [0.25, 0.3) is 5.56 Å². The average Bonchev–Trinajstić information content (AvgIpc) is 2.71. The minimum atomic E-state index is -0.0581. The molecule has 5 nitrogen and oxygen atoms in total. The molecule has 0 aliphatic heterocycles. The molecule has 0 aliphatic carbocycles. The van der Waals surface area contributed by atoms with Crippen LogP contribution in [0.3, 0.4) is 0 Å². The zero-order chi connectivity index (χ0) is 14.7. The van der Waals surface area contributed by atoms with Crippen LogP contribution in [0.4, 0.5) is 0 Å². The lowest BCUT2D eigenvalue weighted by molar-refractivity contribution is -0.121. The van der Waals surface area contributed by atoms with Gasteiger partial charge in [-0.3, -0.25) is 14.0 Å². The maximum atomic E-state index is 12.0. The summed E-state index contributed by atoms with van der Waals surface area (Å²) in [6, 6.07) is 1.53. The van der Waals surface area contributed by atoms with Crippen molar-refractivity contribution in [2.45, 2.75) is 33.6 Å². The van der Waals surface area contributed by atoms with E-state index in [2.05, 4.69) is 10.3 Å². The van der Waals surface area contributed by atoms with E-state index >= 15 is 0 Å². The Morgan fingerprint density at radius 2 is 2.25 bits per heavy atom. The van der Waals surface area contributed by atoms with E-state index in [4.69, 9.17) is 0 Å². The van der Waals surface area contributed by atoms with Crippen molar-refractivity contribution in [2.24, 2.45) is 5.92 Å². The maximum absolute atomic E-state index is 12.0. The Kier molecular flexibility index (Phi) is 4.54. The molecule has 20 heavy (non-hydrogen) atoms. The first-order chi connectivity index (χ1) is 9.47. The molecule has 6 heteroatoms. The number of hydrogen-bond donors (Lipinski definition) is 1. The minimum Gasteiger partial charge on any atom is -0.356 e. The Bertz CT molecular complexity index is 673. The third kappa shape index (κ3) is 3.45. The highest BCUT2D eigenvalue weighted by Gasteiger charge is 2.09. The highest BCUT2D eigenvalue weighted by atomic mass is 32.1. The fourth-order valence-corrected chi connectivity index (χ4v) is 3.01. The van der Waals surface area contributed by atoms with Crippen LogP contribution in [0.15, 0.2) is 16.2 Å². The average molecular weight is 293 g/mol. The van der Waals surface area contributed by atoms with Gasteiger partial charge in [0.15, 0.2) is 4.96 Å². The molecule has 2 heterocycles. The lowest BCUT2D eigenvalue weighted by Crippen LogP contribution is -2.27. The van der Waals surface area contributed by atoms with E-state index in [0.29, 0.717) is 30.3 Å². The van der Waals surface area contributed by atoms with Crippen molar-refractivity contribution >= 4 is 22.2 Å². The van der Waals surface area contributed by atoms with Gasteiger partial charge in [-0.2, -0.15) is 0 Å². The van der Waals surface area contributed by atoms with Gasteiger partial charge in [-0.1, -0.05) is 13.8 Å². The van der Waals surface area contributed by atoms with Gasteiger partial charge >= 0.3 is 0 Å². The highest BCUT2D eigenvalue weighted by molar-refractivity contribution is 7.15. The van der Waals surface area contributed by atoms with Crippen LogP contribution >= 0.6 is 11.3 Å². The molecule has 0 saturated heterocycles. The van der Waals surface area contributed by atoms with Crippen LogP contribution in [0.1, 0.15) is 31.7 Å². The quantitative estimate of drug-likeness (QED) is 0.914. The van der Waals surface area contributed by atoms with Crippen LogP contribution in [0.5, 0.6) is 0 Å². The first kappa shape index (κ1) is 14.7. The lowest BCUT2D eigenvalue weighted by Gasteiger charge is -2.07. The van der Waals surface area contributed by atoms with Crippen molar-refractivity contribution in [1.82, 2.24) is 14.7 Å². The van der Waals surface area contributed by atoms with E-state index in [1.54, 1.807) is 4.40 Å². The number of fused-ring (bicyclic) bond motifs is 1. The second-order valence-corrected chi connectivity index (χ2v) is 6.12. The molecular weight excluding hydrogens is 274 g/mol. The minimum absolute atomic E-state index is 0.0563.